The second kappa shape index (κ2) is 8.38. The van der Waals surface area contributed by atoms with Crippen LogP contribution >= 0.6 is 0 Å². The largest absolute Gasteiger partial charge is 0.383 e. The Balaban J connectivity index is 1.84. The average Bonchev–Trinajstić information content (AvgIpc) is 2.55. The van der Waals surface area contributed by atoms with Gasteiger partial charge in [-0.05, 0) is 17.5 Å². The van der Waals surface area contributed by atoms with E-state index in [1.807, 2.05) is 0 Å². The first-order chi connectivity index (χ1) is 10.7. The molecule has 6 heteroatoms. The highest BCUT2D eigenvalue weighted by atomic mass is 16.5. The maximum absolute atomic E-state index is 11.7. The van der Waals surface area contributed by atoms with Gasteiger partial charge in [0.25, 0.3) is 0 Å². The molecule has 1 aliphatic heterocycles. The number of hydrogen-bond donors (Lipinski definition) is 2. The van der Waals surface area contributed by atoms with Crippen LogP contribution in [0.3, 0.4) is 0 Å². The van der Waals surface area contributed by atoms with Gasteiger partial charge in [0.2, 0.25) is 5.91 Å². The molecule has 0 unspecified atom stereocenters. The highest BCUT2D eigenvalue weighted by Gasteiger charge is 2.18. The monoisotopic (exact) mass is 304 g/mol. The van der Waals surface area contributed by atoms with Crippen molar-refractivity contribution in [2.24, 2.45) is 4.99 Å². The van der Waals surface area contributed by atoms with Gasteiger partial charge in [0.1, 0.15) is 0 Å². The molecule has 2 rings (SSSR count). The predicted molar refractivity (Wildman–Crippen MR) is 86.8 cm³/mol. The molecule has 1 aromatic rings. The summed E-state index contributed by atoms with van der Waals surface area (Å²) < 4.78 is 4.90. The summed E-state index contributed by atoms with van der Waals surface area (Å²) >= 11 is 0. The van der Waals surface area contributed by atoms with Gasteiger partial charge in [0.15, 0.2) is 5.96 Å². The van der Waals surface area contributed by atoms with Crippen molar-refractivity contribution in [3.8, 4) is 0 Å². The molecule has 2 N–H and O–H groups in total. The van der Waals surface area contributed by atoms with Crippen molar-refractivity contribution in [1.82, 2.24) is 15.5 Å². The number of nitrogens with one attached hydrogen (secondary N) is 2. The fourth-order valence-corrected chi connectivity index (χ4v) is 2.52. The molecular formula is C16H24N4O2. The van der Waals surface area contributed by atoms with Crippen LogP contribution in [0, 0.1) is 0 Å². The van der Waals surface area contributed by atoms with Crippen molar-refractivity contribution in [2.75, 3.05) is 40.4 Å². The molecule has 1 aromatic carbocycles. The van der Waals surface area contributed by atoms with Crippen LogP contribution in [0.25, 0.3) is 0 Å². The standard InChI is InChI=1S/C16H24N4O2/c1-17-16(19-11-15(21)18-8-10-22-2)20-9-7-13-5-3-4-6-14(13)12-20/h3-6H,7-12H2,1-2H3,(H,17,19)(H,18,21). The molecule has 0 radical (unpaired) electrons. The molecule has 0 bridgehead atoms. The number of amides is 1. The molecule has 6 nitrogen and oxygen atoms in total. The predicted octanol–water partition coefficient (Wildman–Crippen LogP) is 0.383. The van der Waals surface area contributed by atoms with Crippen LogP contribution in [0.2, 0.25) is 0 Å². The molecule has 0 fully saturated rings. The maximum Gasteiger partial charge on any atom is 0.239 e. The third kappa shape index (κ3) is 4.46. The Labute approximate surface area is 131 Å². The van der Waals surface area contributed by atoms with E-state index in [1.165, 1.54) is 11.1 Å². The highest BCUT2D eigenvalue weighted by molar-refractivity contribution is 5.86. The zero-order valence-corrected chi connectivity index (χ0v) is 13.3. The van der Waals surface area contributed by atoms with E-state index in [2.05, 4.69) is 44.8 Å². The van der Waals surface area contributed by atoms with Gasteiger partial charge in [-0.15, -0.1) is 0 Å². The van der Waals surface area contributed by atoms with Gasteiger partial charge in [-0.2, -0.15) is 0 Å². The van der Waals surface area contributed by atoms with Crippen molar-refractivity contribution in [3.63, 3.8) is 0 Å². The fraction of sp³-hybridized carbons (Fsp3) is 0.500. The smallest absolute Gasteiger partial charge is 0.239 e. The van der Waals surface area contributed by atoms with Crippen LogP contribution in [0.15, 0.2) is 29.3 Å². The van der Waals surface area contributed by atoms with E-state index >= 15 is 0 Å². The quantitative estimate of drug-likeness (QED) is 0.469. The minimum absolute atomic E-state index is 0.0596. The van der Waals surface area contributed by atoms with Crippen molar-refractivity contribution in [2.45, 2.75) is 13.0 Å². The molecule has 1 aliphatic rings. The van der Waals surface area contributed by atoms with Crippen LogP contribution < -0.4 is 10.6 Å². The zero-order valence-electron chi connectivity index (χ0n) is 13.3. The number of methoxy groups -OCH3 is 1. The van der Waals surface area contributed by atoms with E-state index in [-0.39, 0.29) is 12.5 Å². The van der Waals surface area contributed by atoms with E-state index in [0.717, 1.165) is 25.5 Å². The number of nitrogens with zero attached hydrogens (tertiary/aromatic N) is 2. The lowest BCUT2D eigenvalue weighted by Gasteiger charge is -2.31. The molecule has 0 aromatic heterocycles. The lowest BCUT2D eigenvalue weighted by atomic mass is 10.0. The molecule has 0 saturated heterocycles. The second-order valence-electron chi connectivity index (χ2n) is 5.18. The van der Waals surface area contributed by atoms with E-state index in [1.54, 1.807) is 14.2 Å². The molecule has 1 heterocycles. The molecule has 22 heavy (non-hydrogen) atoms. The number of aliphatic imine (C=N–C) groups is 1. The van der Waals surface area contributed by atoms with Crippen LogP contribution in [0.1, 0.15) is 11.1 Å². The maximum atomic E-state index is 11.7. The summed E-state index contributed by atoms with van der Waals surface area (Å²) in [5.74, 6) is 0.701. The topological polar surface area (TPSA) is 66.0 Å². The SMILES string of the molecule is CN=C(NCC(=O)NCCOC)N1CCc2ccccc2C1. The first kappa shape index (κ1) is 16.3. The summed E-state index contributed by atoms with van der Waals surface area (Å²) in [6.07, 6.45) is 0.997. The summed E-state index contributed by atoms with van der Waals surface area (Å²) in [6.45, 7) is 2.98. The number of rotatable bonds is 5. The Kier molecular flexibility index (Phi) is 6.21. The summed E-state index contributed by atoms with van der Waals surface area (Å²) in [6, 6.07) is 8.45. The van der Waals surface area contributed by atoms with Gasteiger partial charge >= 0.3 is 0 Å². The number of ether oxygens (including phenoxy) is 1. The van der Waals surface area contributed by atoms with Crippen LogP contribution in [0.5, 0.6) is 0 Å². The Bertz CT molecular complexity index is 531. The minimum atomic E-state index is -0.0596. The fourth-order valence-electron chi connectivity index (χ4n) is 2.52. The molecule has 0 aliphatic carbocycles. The van der Waals surface area contributed by atoms with Gasteiger partial charge in [0, 0.05) is 33.8 Å². The molecule has 0 atom stereocenters. The van der Waals surface area contributed by atoms with Crippen LogP contribution in [0.4, 0.5) is 0 Å². The normalized spacial score (nSPS) is 14.5. The van der Waals surface area contributed by atoms with E-state index in [4.69, 9.17) is 4.74 Å². The first-order valence-corrected chi connectivity index (χ1v) is 7.52. The van der Waals surface area contributed by atoms with Gasteiger partial charge in [0.05, 0.1) is 13.2 Å². The Morgan fingerprint density at radius 3 is 2.82 bits per heavy atom. The Hall–Kier alpha value is -2.08. The van der Waals surface area contributed by atoms with Gasteiger partial charge in [-0.1, -0.05) is 24.3 Å². The Morgan fingerprint density at radius 1 is 1.32 bits per heavy atom. The summed E-state index contributed by atoms with van der Waals surface area (Å²) in [5, 5.41) is 5.90. The zero-order chi connectivity index (χ0) is 15.8. The van der Waals surface area contributed by atoms with Crippen LogP contribution in [-0.2, 0) is 22.5 Å². The summed E-state index contributed by atoms with van der Waals surface area (Å²) in [5.41, 5.74) is 2.72. The third-order valence-corrected chi connectivity index (χ3v) is 3.68. The molecule has 0 spiro atoms. The number of hydrogen-bond acceptors (Lipinski definition) is 3. The third-order valence-electron chi connectivity index (χ3n) is 3.68. The van der Waals surface area contributed by atoms with Crippen molar-refractivity contribution in [1.29, 1.82) is 0 Å². The Morgan fingerprint density at radius 2 is 2.09 bits per heavy atom. The van der Waals surface area contributed by atoms with Crippen molar-refractivity contribution < 1.29 is 9.53 Å². The number of carbonyl (C=O) groups excluding carboxylic acids is 1. The number of guanidine groups is 1. The van der Waals surface area contributed by atoms with Crippen LogP contribution in [-0.4, -0.2) is 57.2 Å². The number of fused-ring (bicyclic) bond motifs is 1. The highest BCUT2D eigenvalue weighted by Crippen LogP contribution is 2.18. The molecule has 0 saturated carbocycles. The van der Waals surface area contributed by atoms with Gasteiger partial charge in [-0.3, -0.25) is 9.79 Å². The van der Waals surface area contributed by atoms with E-state index in [9.17, 15) is 4.79 Å². The summed E-state index contributed by atoms with van der Waals surface area (Å²) in [4.78, 5) is 18.2. The molecule has 1 amide bonds. The molecular weight excluding hydrogens is 280 g/mol. The lowest BCUT2D eigenvalue weighted by Crippen LogP contribution is -2.47. The van der Waals surface area contributed by atoms with Crippen molar-refractivity contribution >= 4 is 11.9 Å². The lowest BCUT2D eigenvalue weighted by molar-refractivity contribution is -0.120. The minimum Gasteiger partial charge on any atom is -0.383 e. The first-order valence-electron chi connectivity index (χ1n) is 7.52. The van der Waals surface area contributed by atoms with Gasteiger partial charge < -0.3 is 20.3 Å². The molecule has 120 valence electrons. The van der Waals surface area contributed by atoms with Crippen molar-refractivity contribution in [3.05, 3.63) is 35.4 Å². The second-order valence-corrected chi connectivity index (χ2v) is 5.18. The van der Waals surface area contributed by atoms with E-state index in [0.29, 0.717) is 13.2 Å². The average molecular weight is 304 g/mol. The van der Waals surface area contributed by atoms with E-state index < -0.39 is 0 Å². The summed E-state index contributed by atoms with van der Waals surface area (Å²) in [7, 11) is 3.35. The number of benzene rings is 1. The number of carbonyl (C=O) groups is 1. The van der Waals surface area contributed by atoms with Gasteiger partial charge in [-0.25, -0.2) is 0 Å².